The molecule has 0 fully saturated rings. The van der Waals surface area contributed by atoms with Gasteiger partial charge in [-0.05, 0) is 41.8 Å². The Kier molecular flexibility index (Phi) is 6.28. The topological polar surface area (TPSA) is 96.2 Å². The lowest BCUT2D eigenvalue weighted by atomic mass is 10.2. The van der Waals surface area contributed by atoms with Gasteiger partial charge in [0.2, 0.25) is 0 Å². The van der Waals surface area contributed by atoms with E-state index in [9.17, 15) is 10.1 Å². The molecule has 0 bridgehead atoms. The van der Waals surface area contributed by atoms with Crippen molar-refractivity contribution in [1.29, 1.82) is 0 Å². The lowest BCUT2D eigenvalue weighted by Crippen LogP contribution is -2.07. The van der Waals surface area contributed by atoms with Crippen LogP contribution in [-0.4, -0.2) is 33.4 Å². The third-order valence-corrected chi connectivity index (χ3v) is 4.57. The Bertz CT molecular complexity index is 952. The van der Waals surface area contributed by atoms with Gasteiger partial charge in [0.1, 0.15) is 10.7 Å². The number of nitrogens with zero attached hydrogens (tertiary/aromatic N) is 4. The number of thioether (sulfide) groups is 1. The number of hydrogen-bond donors (Lipinski definition) is 0. The van der Waals surface area contributed by atoms with E-state index in [4.69, 9.17) is 20.8 Å². The van der Waals surface area contributed by atoms with E-state index in [0.717, 1.165) is 5.56 Å². The van der Waals surface area contributed by atoms with E-state index in [2.05, 4.69) is 10.2 Å². The summed E-state index contributed by atoms with van der Waals surface area (Å²) in [4.78, 5) is 10.1. The smallest absolute Gasteiger partial charge is 0.401 e. The summed E-state index contributed by atoms with van der Waals surface area (Å²) >= 11 is 7.27. The highest BCUT2D eigenvalue weighted by Gasteiger charge is 2.14. The van der Waals surface area contributed by atoms with Crippen molar-refractivity contribution in [1.82, 2.24) is 14.8 Å². The van der Waals surface area contributed by atoms with Crippen LogP contribution >= 0.6 is 23.4 Å². The lowest BCUT2D eigenvalue weighted by Gasteiger charge is -2.08. The SMILES string of the molecule is COCCn1c(S/C=C/c2ccc([N+](=O)[O-])o2)nnc1-c1ccc(Cl)cc1. The minimum absolute atomic E-state index is 0.298. The molecular formula is C17H15ClN4O4S. The molecule has 1 aromatic carbocycles. The molecule has 0 aliphatic rings. The standard InChI is InChI=1S/C17H15ClN4O4S/c1-25-10-9-21-16(12-2-4-13(18)5-3-12)19-20-17(21)27-11-8-14-6-7-15(26-14)22(23)24/h2-8,11H,9-10H2,1H3/b11-8+. The first kappa shape index (κ1) is 19.2. The van der Waals surface area contributed by atoms with Crippen molar-refractivity contribution in [3.8, 4) is 11.4 Å². The summed E-state index contributed by atoms with van der Waals surface area (Å²) in [6, 6.07) is 10.2. The van der Waals surface area contributed by atoms with Crippen LogP contribution in [0.1, 0.15) is 5.76 Å². The normalized spacial score (nSPS) is 11.3. The van der Waals surface area contributed by atoms with Crippen molar-refractivity contribution in [2.45, 2.75) is 11.7 Å². The highest BCUT2D eigenvalue weighted by atomic mass is 35.5. The first-order valence-electron chi connectivity index (χ1n) is 7.84. The second-order valence-corrected chi connectivity index (χ2v) is 6.62. The van der Waals surface area contributed by atoms with E-state index in [1.807, 2.05) is 16.7 Å². The van der Waals surface area contributed by atoms with Gasteiger partial charge in [-0.25, -0.2) is 0 Å². The van der Waals surface area contributed by atoms with Gasteiger partial charge < -0.3 is 9.15 Å². The molecular weight excluding hydrogens is 392 g/mol. The van der Waals surface area contributed by atoms with Gasteiger partial charge in [0.05, 0.1) is 19.2 Å². The molecule has 3 rings (SSSR count). The minimum Gasteiger partial charge on any atom is -0.401 e. The second kappa shape index (κ2) is 8.85. The predicted molar refractivity (Wildman–Crippen MR) is 103 cm³/mol. The Morgan fingerprint density at radius 1 is 1.30 bits per heavy atom. The van der Waals surface area contributed by atoms with Gasteiger partial charge in [-0.2, -0.15) is 0 Å². The molecule has 0 saturated carbocycles. The van der Waals surface area contributed by atoms with Crippen LogP contribution < -0.4 is 0 Å². The molecule has 0 amide bonds. The third-order valence-electron chi connectivity index (χ3n) is 3.54. The zero-order valence-electron chi connectivity index (χ0n) is 14.2. The highest BCUT2D eigenvalue weighted by molar-refractivity contribution is 8.02. The molecule has 0 aliphatic heterocycles. The molecule has 0 unspecified atom stereocenters. The van der Waals surface area contributed by atoms with Crippen LogP contribution in [0.15, 0.2) is 51.4 Å². The van der Waals surface area contributed by atoms with Crippen molar-refractivity contribution in [2.24, 2.45) is 0 Å². The summed E-state index contributed by atoms with van der Waals surface area (Å²) in [7, 11) is 1.63. The van der Waals surface area contributed by atoms with Crippen LogP contribution in [0.4, 0.5) is 5.88 Å². The highest BCUT2D eigenvalue weighted by Crippen LogP contribution is 2.26. The van der Waals surface area contributed by atoms with Gasteiger partial charge in [0, 0.05) is 17.7 Å². The second-order valence-electron chi connectivity index (χ2n) is 5.31. The Morgan fingerprint density at radius 2 is 2.07 bits per heavy atom. The van der Waals surface area contributed by atoms with Crippen LogP contribution in [0, 0.1) is 10.1 Å². The fourth-order valence-corrected chi connectivity index (χ4v) is 3.11. The van der Waals surface area contributed by atoms with Gasteiger partial charge in [-0.1, -0.05) is 23.4 Å². The van der Waals surface area contributed by atoms with E-state index < -0.39 is 4.92 Å². The van der Waals surface area contributed by atoms with Gasteiger partial charge in [0.25, 0.3) is 0 Å². The fourth-order valence-electron chi connectivity index (χ4n) is 2.26. The van der Waals surface area contributed by atoms with Crippen molar-refractivity contribution < 1.29 is 14.1 Å². The van der Waals surface area contributed by atoms with E-state index in [1.54, 1.807) is 30.7 Å². The Balaban J connectivity index is 1.80. The Labute approximate surface area is 163 Å². The monoisotopic (exact) mass is 406 g/mol. The van der Waals surface area contributed by atoms with Gasteiger partial charge in [-0.3, -0.25) is 14.7 Å². The molecule has 10 heteroatoms. The Morgan fingerprint density at radius 3 is 2.74 bits per heavy atom. The van der Waals surface area contributed by atoms with Crippen molar-refractivity contribution in [2.75, 3.05) is 13.7 Å². The molecule has 2 aromatic heterocycles. The summed E-state index contributed by atoms with van der Waals surface area (Å²) in [5.41, 5.74) is 0.889. The number of rotatable bonds is 8. The Hall–Kier alpha value is -2.62. The maximum atomic E-state index is 10.7. The van der Waals surface area contributed by atoms with Crippen molar-refractivity contribution in [3.05, 3.63) is 62.7 Å². The van der Waals surface area contributed by atoms with E-state index in [-0.39, 0.29) is 5.88 Å². The summed E-state index contributed by atoms with van der Waals surface area (Å²) < 4.78 is 12.2. The summed E-state index contributed by atoms with van der Waals surface area (Å²) in [6.07, 6.45) is 1.63. The quantitative estimate of drug-likeness (QED) is 0.308. The van der Waals surface area contributed by atoms with Crippen LogP contribution in [-0.2, 0) is 11.3 Å². The van der Waals surface area contributed by atoms with Gasteiger partial charge in [-0.15, -0.1) is 10.2 Å². The molecule has 0 atom stereocenters. The van der Waals surface area contributed by atoms with Gasteiger partial charge in [0.15, 0.2) is 11.0 Å². The molecule has 0 radical (unpaired) electrons. The van der Waals surface area contributed by atoms with Crippen molar-refractivity contribution >= 4 is 35.3 Å². The van der Waals surface area contributed by atoms with E-state index in [1.165, 1.54) is 23.9 Å². The summed E-state index contributed by atoms with van der Waals surface area (Å²) in [5, 5.41) is 22.2. The molecule has 0 saturated heterocycles. The lowest BCUT2D eigenvalue weighted by molar-refractivity contribution is -0.402. The number of nitro groups is 1. The van der Waals surface area contributed by atoms with Crippen LogP contribution in [0.25, 0.3) is 17.5 Å². The summed E-state index contributed by atoms with van der Waals surface area (Å²) in [5.74, 6) is 0.788. The molecule has 3 aromatic rings. The molecule has 140 valence electrons. The number of halogens is 1. The number of aromatic nitrogens is 3. The number of ether oxygens (including phenoxy) is 1. The predicted octanol–water partition coefficient (Wildman–Crippen LogP) is 4.51. The number of hydrogen-bond acceptors (Lipinski definition) is 7. The zero-order chi connectivity index (χ0) is 19.2. The summed E-state index contributed by atoms with van der Waals surface area (Å²) in [6.45, 7) is 1.07. The molecule has 0 aliphatic carbocycles. The first-order valence-corrected chi connectivity index (χ1v) is 9.10. The van der Waals surface area contributed by atoms with Crippen molar-refractivity contribution in [3.63, 3.8) is 0 Å². The minimum atomic E-state index is -0.579. The average molecular weight is 407 g/mol. The van der Waals surface area contributed by atoms with Crippen LogP contribution in [0.2, 0.25) is 5.02 Å². The fraction of sp³-hybridized carbons (Fsp3) is 0.176. The third kappa shape index (κ3) is 4.76. The number of methoxy groups -OCH3 is 1. The van der Waals surface area contributed by atoms with E-state index >= 15 is 0 Å². The largest absolute Gasteiger partial charge is 0.433 e. The molecule has 27 heavy (non-hydrogen) atoms. The van der Waals surface area contributed by atoms with Crippen LogP contribution in [0.3, 0.4) is 0 Å². The number of benzene rings is 1. The van der Waals surface area contributed by atoms with Crippen LogP contribution in [0.5, 0.6) is 0 Å². The number of furan rings is 1. The maximum Gasteiger partial charge on any atom is 0.433 e. The van der Waals surface area contributed by atoms with E-state index in [0.29, 0.717) is 34.9 Å². The molecule has 8 nitrogen and oxygen atoms in total. The van der Waals surface area contributed by atoms with Gasteiger partial charge >= 0.3 is 5.88 Å². The average Bonchev–Trinajstić information content (AvgIpc) is 3.28. The zero-order valence-corrected chi connectivity index (χ0v) is 15.8. The molecule has 0 N–H and O–H groups in total. The first-order chi connectivity index (χ1) is 13.1. The molecule has 2 heterocycles. The maximum absolute atomic E-state index is 10.7. The molecule has 0 spiro atoms.